The van der Waals surface area contributed by atoms with Gasteiger partial charge in [0.05, 0.1) is 33.5 Å². The number of thiophene rings is 2. The van der Waals surface area contributed by atoms with Crippen LogP contribution in [0.15, 0.2) is 425 Å². The Labute approximate surface area is 722 Å². The van der Waals surface area contributed by atoms with Crippen molar-refractivity contribution in [3.8, 4) is 147 Å². The summed E-state index contributed by atoms with van der Waals surface area (Å²) in [5, 5.41) is 9.96. The molecule has 24 rings (SSSR count). The molecule has 0 radical (unpaired) electrons. The van der Waals surface area contributed by atoms with Gasteiger partial charge in [0.1, 0.15) is 0 Å². The lowest BCUT2D eigenvalue weighted by molar-refractivity contribution is 1.07. The third-order valence-electron chi connectivity index (χ3n) is 23.4. The third-order valence-corrected chi connectivity index (χ3v) is 25.7. The minimum atomic E-state index is 0.563. The van der Waals surface area contributed by atoms with Crippen LogP contribution in [-0.4, -0.2) is 49.0 Å². The molecule has 16 aromatic carbocycles. The van der Waals surface area contributed by atoms with Gasteiger partial charge in [0.25, 0.3) is 0 Å². The standard InChI is InChI=1S/2C56H35N5S/c1-5-17-36(18-6-1)39-23-15-24-40(33-39)41-34-46(56-59-54(37-19-7-2-8-20-37)58-55(60-56)38-21-9-3-10-22-38)52(57-35-41)45-29-16-28-44-51-49(62-53(44)45)32-31-48-50(51)43-27-13-14-30-47(43)61(48)42-25-11-4-12-26-42;1-5-16-36(17-6-1)39-22-15-23-40(32-39)42-33-46(56-59-54(37-18-7-2-8-19-37)58-55(60-56)38-20-9-3-10-21-38)53(57-35-42)41-28-29-45-50(34-41)62-49-31-30-48-51(52(45)49)44-26-13-14-27-47(44)61(48)43-24-11-4-12-25-43/h2*1-35H. The average Bonchev–Trinajstić information content (AvgIpc) is 1.56. The summed E-state index contributed by atoms with van der Waals surface area (Å²) in [5.41, 5.74) is 24.7. The maximum Gasteiger partial charge on any atom is 0.166 e. The molecular weight excluding hydrogens is 1550 g/mol. The smallest absolute Gasteiger partial charge is 0.166 e. The highest BCUT2D eigenvalue weighted by Gasteiger charge is 2.27. The largest absolute Gasteiger partial charge is 0.309 e. The monoisotopic (exact) mass is 1620 g/mol. The molecular formula is C112H70N10S2. The molecule has 8 heterocycles. The van der Waals surface area contributed by atoms with Gasteiger partial charge < -0.3 is 9.13 Å². The van der Waals surface area contributed by atoms with E-state index in [0.29, 0.717) is 34.9 Å². The van der Waals surface area contributed by atoms with Gasteiger partial charge in [-0.05, 0) is 124 Å². The summed E-state index contributed by atoms with van der Waals surface area (Å²) in [7, 11) is 0. The molecule has 0 fully saturated rings. The quantitative estimate of drug-likeness (QED) is 0.106. The van der Waals surface area contributed by atoms with E-state index in [0.717, 1.165) is 112 Å². The predicted molar refractivity (Wildman–Crippen MR) is 515 cm³/mol. The van der Waals surface area contributed by atoms with E-state index in [9.17, 15) is 0 Å². The molecule has 8 aromatic heterocycles. The van der Waals surface area contributed by atoms with E-state index in [1.165, 1.54) is 84.0 Å². The summed E-state index contributed by atoms with van der Waals surface area (Å²) < 4.78 is 9.61. The summed E-state index contributed by atoms with van der Waals surface area (Å²) in [6.07, 6.45) is 3.98. The number of hydrogen-bond donors (Lipinski definition) is 0. The first kappa shape index (κ1) is 73.1. The molecule has 0 atom stereocenters. The van der Waals surface area contributed by atoms with Gasteiger partial charge in [0, 0.05) is 141 Å². The van der Waals surface area contributed by atoms with E-state index in [2.05, 4.69) is 288 Å². The van der Waals surface area contributed by atoms with E-state index in [-0.39, 0.29) is 0 Å². The first-order valence-electron chi connectivity index (χ1n) is 41.4. The van der Waals surface area contributed by atoms with Crippen molar-refractivity contribution in [2.45, 2.75) is 0 Å². The van der Waals surface area contributed by atoms with Gasteiger partial charge in [0.15, 0.2) is 34.9 Å². The molecule has 0 saturated heterocycles. The van der Waals surface area contributed by atoms with Crippen LogP contribution in [0.1, 0.15) is 0 Å². The van der Waals surface area contributed by atoms with E-state index in [1.807, 2.05) is 169 Å². The highest BCUT2D eigenvalue weighted by atomic mass is 32.1. The second-order valence-electron chi connectivity index (χ2n) is 30.8. The molecule has 24 aromatic rings. The van der Waals surface area contributed by atoms with E-state index in [4.69, 9.17) is 39.9 Å². The Morgan fingerprint density at radius 3 is 0.984 bits per heavy atom. The van der Waals surface area contributed by atoms with Gasteiger partial charge in [0.2, 0.25) is 0 Å². The van der Waals surface area contributed by atoms with Crippen molar-refractivity contribution in [1.29, 1.82) is 0 Å². The Morgan fingerprint density at radius 1 is 0.185 bits per heavy atom. The lowest BCUT2D eigenvalue weighted by atomic mass is 9.96. The molecule has 0 bridgehead atoms. The molecule has 0 aliphatic heterocycles. The number of pyridine rings is 2. The number of fused-ring (bicyclic) bond motifs is 14. The zero-order valence-corrected chi connectivity index (χ0v) is 68.3. The molecule has 0 N–H and O–H groups in total. The fourth-order valence-corrected chi connectivity index (χ4v) is 20.0. The fraction of sp³-hybridized carbons (Fsp3) is 0. The van der Waals surface area contributed by atoms with Crippen LogP contribution in [0.4, 0.5) is 0 Å². The van der Waals surface area contributed by atoms with E-state index < -0.39 is 0 Å². The van der Waals surface area contributed by atoms with Gasteiger partial charge in [-0.3, -0.25) is 9.97 Å². The van der Waals surface area contributed by atoms with Crippen molar-refractivity contribution in [1.82, 2.24) is 49.0 Å². The zero-order chi connectivity index (χ0) is 82.0. The molecule has 0 aliphatic rings. The number of para-hydroxylation sites is 4. The van der Waals surface area contributed by atoms with Crippen LogP contribution >= 0.6 is 22.7 Å². The van der Waals surface area contributed by atoms with Crippen molar-refractivity contribution in [3.63, 3.8) is 0 Å². The van der Waals surface area contributed by atoms with E-state index in [1.54, 1.807) is 0 Å². The summed E-state index contributed by atoms with van der Waals surface area (Å²) in [4.78, 5) is 41.7. The number of nitrogens with zero attached hydrogens (tertiary/aromatic N) is 10. The van der Waals surface area contributed by atoms with Crippen LogP contribution in [0.25, 0.3) is 231 Å². The average molecular weight is 1620 g/mol. The van der Waals surface area contributed by atoms with Crippen molar-refractivity contribution >= 4 is 107 Å². The van der Waals surface area contributed by atoms with Crippen LogP contribution in [-0.2, 0) is 0 Å². The summed E-state index contributed by atoms with van der Waals surface area (Å²) in [6, 6.07) is 145. The Balaban J connectivity index is 0.000000143. The molecule has 580 valence electrons. The number of hydrogen-bond acceptors (Lipinski definition) is 10. The molecule has 0 amide bonds. The molecule has 12 heteroatoms. The Bertz CT molecular complexity index is 8090. The maximum absolute atomic E-state index is 5.39. The highest BCUT2D eigenvalue weighted by molar-refractivity contribution is 7.26. The Hall–Kier alpha value is -16.1. The SMILES string of the molecule is c1ccc(-c2cccc(-c3cnc(-c4ccc5c(c4)sc4ccc6c(c7ccccc7n6-c6ccccc6)c45)c(-c4nc(-c5ccccc5)nc(-c5ccccc5)n4)c3)c2)cc1.c1ccc(-c2cccc(-c3cnc(-c4cccc5c4sc4ccc6c(c7ccccc7n6-c6ccccc6)c45)c(-c4nc(-c5ccccc5)nc(-c5ccccc5)n4)c3)c2)cc1. The van der Waals surface area contributed by atoms with Crippen molar-refractivity contribution in [2.75, 3.05) is 0 Å². The molecule has 0 saturated carbocycles. The van der Waals surface area contributed by atoms with E-state index >= 15 is 0 Å². The van der Waals surface area contributed by atoms with Crippen LogP contribution in [0.2, 0.25) is 0 Å². The van der Waals surface area contributed by atoms with Crippen molar-refractivity contribution < 1.29 is 0 Å². The van der Waals surface area contributed by atoms with Gasteiger partial charge in [-0.25, -0.2) is 29.9 Å². The molecule has 0 aliphatic carbocycles. The first-order chi connectivity index (χ1) is 61.5. The molecule has 0 unspecified atom stereocenters. The zero-order valence-electron chi connectivity index (χ0n) is 66.7. The van der Waals surface area contributed by atoms with Crippen LogP contribution in [0, 0.1) is 0 Å². The summed E-state index contributed by atoms with van der Waals surface area (Å²) in [5.74, 6) is 3.55. The van der Waals surface area contributed by atoms with Crippen LogP contribution in [0.5, 0.6) is 0 Å². The number of benzene rings is 16. The van der Waals surface area contributed by atoms with Crippen molar-refractivity contribution in [2.24, 2.45) is 0 Å². The lowest BCUT2D eigenvalue weighted by Gasteiger charge is -2.14. The fourth-order valence-electron chi connectivity index (χ4n) is 17.6. The molecule has 124 heavy (non-hydrogen) atoms. The Morgan fingerprint density at radius 2 is 0.532 bits per heavy atom. The van der Waals surface area contributed by atoms with Crippen LogP contribution < -0.4 is 0 Å². The molecule has 0 spiro atoms. The third kappa shape index (κ3) is 13.2. The second-order valence-corrected chi connectivity index (χ2v) is 33.0. The number of aromatic nitrogens is 10. The minimum absolute atomic E-state index is 0.563. The predicted octanol–water partition coefficient (Wildman–Crippen LogP) is 29.5. The first-order valence-corrected chi connectivity index (χ1v) is 43.1. The topological polar surface area (TPSA) is 113 Å². The van der Waals surface area contributed by atoms with Gasteiger partial charge in [-0.2, -0.15) is 0 Å². The summed E-state index contributed by atoms with van der Waals surface area (Å²) >= 11 is 3.63. The maximum atomic E-state index is 5.39. The number of rotatable bonds is 14. The van der Waals surface area contributed by atoms with Crippen molar-refractivity contribution in [3.05, 3.63) is 425 Å². The molecule has 10 nitrogen and oxygen atoms in total. The summed E-state index contributed by atoms with van der Waals surface area (Å²) in [6.45, 7) is 0. The normalized spacial score (nSPS) is 11.5. The van der Waals surface area contributed by atoms with Gasteiger partial charge in [-0.1, -0.05) is 322 Å². The second kappa shape index (κ2) is 31.2. The highest BCUT2D eigenvalue weighted by Crippen LogP contribution is 2.50. The van der Waals surface area contributed by atoms with Crippen LogP contribution in [0.3, 0.4) is 0 Å². The lowest BCUT2D eigenvalue weighted by Crippen LogP contribution is -2.02. The van der Waals surface area contributed by atoms with Gasteiger partial charge >= 0.3 is 0 Å². The minimum Gasteiger partial charge on any atom is -0.309 e. The Kier molecular flexibility index (Phi) is 18.4. The van der Waals surface area contributed by atoms with Gasteiger partial charge in [-0.15, -0.1) is 22.7 Å².